The van der Waals surface area contributed by atoms with Gasteiger partial charge in [-0.3, -0.25) is 0 Å². The maximum Gasteiger partial charge on any atom is 0.159 e. The Morgan fingerprint density at radius 1 is 0.451 bits per heavy atom. The first-order valence-electron chi connectivity index (χ1n) is 17.6. The molecule has 2 heterocycles. The maximum atomic E-state index is 5.39. The summed E-state index contributed by atoms with van der Waals surface area (Å²) in [7, 11) is 0. The molecule has 0 amide bonds. The molecule has 0 radical (unpaired) electrons. The molecule has 3 heteroatoms. The highest BCUT2D eigenvalue weighted by Gasteiger charge is 2.39. The Morgan fingerprint density at radius 2 is 1.08 bits per heavy atom. The van der Waals surface area contributed by atoms with E-state index < -0.39 is 0 Å². The van der Waals surface area contributed by atoms with E-state index in [4.69, 9.17) is 4.98 Å². The Hall–Kier alpha value is -6.45. The van der Waals surface area contributed by atoms with E-state index in [2.05, 4.69) is 157 Å². The van der Waals surface area contributed by atoms with Crippen molar-refractivity contribution in [3.63, 3.8) is 0 Å². The first kappa shape index (κ1) is 28.4. The van der Waals surface area contributed by atoms with Gasteiger partial charge >= 0.3 is 0 Å². The van der Waals surface area contributed by atoms with Crippen molar-refractivity contribution >= 4 is 54.0 Å². The van der Waals surface area contributed by atoms with E-state index >= 15 is 0 Å². The number of pyridine rings is 1. The fourth-order valence-corrected chi connectivity index (χ4v) is 9.00. The molecule has 3 nitrogen and oxygen atoms in total. The van der Waals surface area contributed by atoms with Gasteiger partial charge in [-0.15, -0.1) is 0 Å². The minimum absolute atomic E-state index is 0.201. The second-order valence-corrected chi connectivity index (χ2v) is 14.4. The number of hydrogen-bond acceptors (Lipinski definition) is 3. The Bertz CT molecular complexity index is 3030. The number of aromatic nitrogens is 3. The van der Waals surface area contributed by atoms with Gasteiger partial charge in [0.1, 0.15) is 0 Å². The molecule has 10 aromatic rings. The van der Waals surface area contributed by atoms with Crippen LogP contribution in [0.2, 0.25) is 0 Å². The number of nitrogens with zero attached hydrogens (tertiary/aromatic N) is 3. The predicted molar refractivity (Wildman–Crippen MR) is 212 cm³/mol. The molecule has 0 fully saturated rings. The highest BCUT2D eigenvalue weighted by atomic mass is 14.9. The van der Waals surface area contributed by atoms with Gasteiger partial charge in [-0.2, -0.15) is 0 Å². The van der Waals surface area contributed by atoms with E-state index in [0.29, 0.717) is 0 Å². The van der Waals surface area contributed by atoms with E-state index in [1.807, 2.05) is 18.5 Å². The molecule has 51 heavy (non-hydrogen) atoms. The minimum Gasteiger partial charge on any atom is -0.247 e. The summed E-state index contributed by atoms with van der Waals surface area (Å²) in [4.78, 5) is 14.6. The highest BCUT2D eigenvalue weighted by Crippen LogP contribution is 2.54. The summed E-state index contributed by atoms with van der Waals surface area (Å²) in [5.41, 5.74) is 11.8. The smallest absolute Gasteiger partial charge is 0.159 e. The number of hydrogen-bond donors (Lipinski definition) is 0. The average Bonchev–Trinajstić information content (AvgIpc) is 3.42. The van der Waals surface area contributed by atoms with Gasteiger partial charge in [0.2, 0.25) is 0 Å². The highest BCUT2D eigenvalue weighted by molar-refractivity contribution is 6.27. The van der Waals surface area contributed by atoms with Gasteiger partial charge in [0.15, 0.2) is 5.82 Å². The van der Waals surface area contributed by atoms with Gasteiger partial charge in [0.25, 0.3) is 0 Å². The third-order valence-electron chi connectivity index (χ3n) is 11.3. The molecular formula is C48H31N3. The van der Waals surface area contributed by atoms with Crippen LogP contribution in [0.15, 0.2) is 152 Å². The summed E-state index contributed by atoms with van der Waals surface area (Å²) in [6.45, 7) is 4.71. The van der Waals surface area contributed by atoms with Gasteiger partial charge in [-0.1, -0.05) is 135 Å². The molecule has 0 unspecified atom stereocenters. The maximum absolute atomic E-state index is 5.39. The monoisotopic (exact) mass is 649 g/mol. The van der Waals surface area contributed by atoms with Crippen LogP contribution in [0.5, 0.6) is 0 Å². The van der Waals surface area contributed by atoms with E-state index in [-0.39, 0.29) is 5.41 Å². The van der Waals surface area contributed by atoms with Gasteiger partial charge < -0.3 is 0 Å². The SMILES string of the molecule is CC1(C)c2ccccc2-c2nc3ccc4ccccc4c3c(-c3ccc(-c4ccc5ccc6c(-c7ncccn7)ccc7ccc4c5c76)cc3)c21. The molecular weight excluding hydrogens is 619 g/mol. The van der Waals surface area contributed by atoms with Crippen molar-refractivity contribution in [2.75, 3.05) is 0 Å². The molecule has 1 aliphatic rings. The van der Waals surface area contributed by atoms with Crippen molar-refractivity contribution in [3.05, 3.63) is 163 Å². The van der Waals surface area contributed by atoms with E-state index in [9.17, 15) is 0 Å². The lowest BCUT2D eigenvalue weighted by Crippen LogP contribution is -2.16. The van der Waals surface area contributed by atoms with E-state index in [1.165, 1.54) is 87.4 Å². The third-order valence-corrected chi connectivity index (χ3v) is 11.3. The molecule has 1 aliphatic carbocycles. The second-order valence-electron chi connectivity index (χ2n) is 14.4. The summed E-state index contributed by atoms with van der Waals surface area (Å²) >= 11 is 0. The van der Waals surface area contributed by atoms with Crippen molar-refractivity contribution in [2.24, 2.45) is 0 Å². The molecule has 0 atom stereocenters. The standard InChI is InChI=1S/C48H31N3/c1-48(2)39-11-6-5-10-38(39)46-45(48)43(44-34-9-4-3-8-28(34)20-25-40(44)51-46)32-14-12-29(13-15-32)33-21-16-30-18-23-36-37(47-49-26-7-27-50-47)24-19-31-17-22-35(33)41(30)42(31)36/h3-27H,1-2H3. The molecule has 238 valence electrons. The summed E-state index contributed by atoms with van der Waals surface area (Å²) in [5.74, 6) is 0.750. The molecule has 8 aromatic carbocycles. The van der Waals surface area contributed by atoms with Crippen LogP contribution >= 0.6 is 0 Å². The fraction of sp³-hybridized carbons (Fsp3) is 0.0625. The van der Waals surface area contributed by atoms with Crippen molar-refractivity contribution in [1.29, 1.82) is 0 Å². The van der Waals surface area contributed by atoms with Crippen LogP contribution in [0, 0.1) is 0 Å². The molecule has 11 rings (SSSR count). The Morgan fingerprint density at radius 3 is 1.86 bits per heavy atom. The molecule has 0 saturated heterocycles. The zero-order chi connectivity index (χ0) is 33.8. The molecule has 0 N–H and O–H groups in total. The van der Waals surface area contributed by atoms with Crippen LogP contribution in [0.4, 0.5) is 0 Å². The first-order chi connectivity index (χ1) is 25.1. The first-order valence-corrected chi connectivity index (χ1v) is 17.6. The Labute approximate surface area is 295 Å². The topological polar surface area (TPSA) is 38.7 Å². The van der Waals surface area contributed by atoms with Crippen LogP contribution in [0.1, 0.15) is 25.0 Å². The Balaban J connectivity index is 1.14. The zero-order valence-corrected chi connectivity index (χ0v) is 28.3. The van der Waals surface area contributed by atoms with E-state index in [0.717, 1.165) is 22.6 Å². The van der Waals surface area contributed by atoms with E-state index in [1.54, 1.807) is 0 Å². The lowest BCUT2D eigenvalue weighted by atomic mass is 9.78. The molecule has 0 saturated carbocycles. The third kappa shape index (κ3) is 3.92. The van der Waals surface area contributed by atoms with Crippen LogP contribution in [-0.2, 0) is 5.41 Å². The van der Waals surface area contributed by atoms with Gasteiger partial charge in [-0.05, 0) is 94.7 Å². The molecule has 0 spiro atoms. The van der Waals surface area contributed by atoms with Gasteiger partial charge in [-0.25, -0.2) is 15.0 Å². The summed E-state index contributed by atoms with van der Waals surface area (Å²) in [5, 5.41) is 11.1. The van der Waals surface area contributed by atoms with Gasteiger partial charge in [0.05, 0.1) is 11.2 Å². The number of fused-ring (bicyclic) bond motifs is 6. The molecule has 2 aromatic heterocycles. The van der Waals surface area contributed by atoms with Crippen LogP contribution in [0.3, 0.4) is 0 Å². The summed E-state index contributed by atoms with van der Waals surface area (Å²) in [6.07, 6.45) is 3.63. The molecule has 0 aliphatic heterocycles. The quantitative estimate of drug-likeness (QED) is 0.179. The Kier molecular flexibility index (Phi) is 5.73. The average molecular weight is 650 g/mol. The number of rotatable bonds is 3. The van der Waals surface area contributed by atoms with Crippen molar-refractivity contribution in [2.45, 2.75) is 19.3 Å². The predicted octanol–water partition coefficient (Wildman–Crippen LogP) is 12.4. The fourth-order valence-electron chi connectivity index (χ4n) is 9.00. The van der Waals surface area contributed by atoms with Crippen LogP contribution in [-0.4, -0.2) is 15.0 Å². The van der Waals surface area contributed by atoms with Crippen molar-refractivity contribution < 1.29 is 0 Å². The lowest BCUT2D eigenvalue weighted by molar-refractivity contribution is 0.662. The summed E-state index contributed by atoms with van der Waals surface area (Å²) < 4.78 is 0. The minimum atomic E-state index is -0.201. The summed E-state index contributed by atoms with van der Waals surface area (Å²) in [6, 6.07) is 51.0. The molecule has 0 bridgehead atoms. The van der Waals surface area contributed by atoms with Crippen molar-refractivity contribution in [1.82, 2.24) is 15.0 Å². The van der Waals surface area contributed by atoms with Gasteiger partial charge in [0, 0.05) is 34.3 Å². The normalized spacial score (nSPS) is 13.5. The second kappa shape index (κ2) is 10.3. The van der Waals surface area contributed by atoms with Crippen molar-refractivity contribution in [3.8, 4) is 44.9 Å². The lowest BCUT2D eigenvalue weighted by Gasteiger charge is -2.26. The largest absolute Gasteiger partial charge is 0.247 e. The van der Waals surface area contributed by atoms with Crippen LogP contribution < -0.4 is 0 Å². The van der Waals surface area contributed by atoms with Crippen LogP contribution in [0.25, 0.3) is 98.9 Å². The number of benzene rings is 8. The zero-order valence-electron chi connectivity index (χ0n) is 28.3.